The number of Topliss-reactive ketones (excluding diaryl/α,β-unsaturated/α-hetero) is 1. The number of nitrogens with zero attached hydrogens (tertiary/aromatic N) is 1. The average molecular weight is 372 g/mol. The number of hydrogen-bond donors (Lipinski definition) is 2. The Balaban J connectivity index is 1.60. The van der Waals surface area contributed by atoms with Gasteiger partial charge in [0.25, 0.3) is 5.91 Å². The molecule has 2 aromatic heterocycles. The van der Waals surface area contributed by atoms with Gasteiger partial charge in [-0.25, -0.2) is 4.98 Å². The molecule has 0 atom stereocenters. The summed E-state index contributed by atoms with van der Waals surface area (Å²) < 4.78 is 0. The van der Waals surface area contributed by atoms with Gasteiger partial charge in [-0.05, 0) is 29.8 Å². The number of thioether (sulfide) groups is 1. The number of benzene rings is 1. The van der Waals surface area contributed by atoms with E-state index in [0.717, 1.165) is 27.1 Å². The average Bonchev–Trinajstić information content (AvgIpc) is 2.93. The molecule has 1 aromatic carbocycles. The van der Waals surface area contributed by atoms with E-state index in [1.165, 1.54) is 0 Å². The molecule has 7 heteroatoms. The summed E-state index contributed by atoms with van der Waals surface area (Å²) >= 11 is 7.53. The molecular formula is C18H14ClN3O2S. The Bertz CT molecular complexity index is 999. The molecule has 0 saturated carbocycles. The first-order chi connectivity index (χ1) is 12.1. The van der Waals surface area contributed by atoms with Crippen LogP contribution < -0.4 is 5.32 Å². The smallest absolute Gasteiger partial charge is 0.252 e. The number of carbonyl (C=O) groups excluding carboxylic acids is 2. The second-order valence-electron chi connectivity index (χ2n) is 5.81. The minimum atomic E-state index is -0.0828. The molecule has 1 amide bonds. The van der Waals surface area contributed by atoms with Crippen LogP contribution in [0.5, 0.6) is 0 Å². The highest BCUT2D eigenvalue weighted by molar-refractivity contribution is 7.99. The molecule has 3 heterocycles. The zero-order valence-corrected chi connectivity index (χ0v) is 14.7. The van der Waals surface area contributed by atoms with Crippen molar-refractivity contribution in [1.82, 2.24) is 15.3 Å². The van der Waals surface area contributed by atoms with E-state index in [1.54, 1.807) is 30.1 Å². The second kappa shape index (κ2) is 6.54. The number of aromatic nitrogens is 2. The Hall–Kier alpha value is -2.31. The van der Waals surface area contributed by atoms with Crippen LogP contribution in [0.25, 0.3) is 10.9 Å². The van der Waals surface area contributed by atoms with Crippen molar-refractivity contribution in [2.45, 2.75) is 11.3 Å². The summed E-state index contributed by atoms with van der Waals surface area (Å²) in [6, 6.07) is 9.12. The van der Waals surface area contributed by atoms with Crippen LogP contribution in [0.1, 0.15) is 26.4 Å². The lowest BCUT2D eigenvalue weighted by Crippen LogP contribution is -2.24. The van der Waals surface area contributed by atoms with Gasteiger partial charge < -0.3 is 10.3 Å². The summed E-state index contributed by atoms with van der Waals surface area (Å²) in [4.78, 5) is 32.8. The third-order valence-corrected chi connectivity index (χ3v) is 5.35. The Morgan fingerprint density at radius 2 is 2.16 bits per heavy atom. The third kappa shape index (κ3) is 3.27. The van der Waals surface area contributed by atoms with Crippen molar-refractivity contribution >= 4 is 46.0 Å². The molecule has 126 valence electrons. The van der Waals surface area contributed by atoms with Crippen LogP contribution in [0.15, 0.2) is 41.4 Å². The molecule has 0 spiro atoms. The number of hydrogen-bond acceptors (Lipinski definition) is 4. The third-order valence-electron chi connectivity index (χ3n) is 4.07. The quantitative estimate of drug-likeness (QED) is 0.546. The highest BCUT2D eigenvalue weighted by atomic mass is 35.5. The number of fused-ring (bicyclic) bond motifs is 2. The van der Waals surface area contributed by atoms with Crippen molar-refractivity contribution in [2.24, 2.45) is 0 Å². The number of rotatable bonds is 3. The summed E-state index contributed by atoms with van der Waals surface area (Å²) in [5.41, 5.74) is 2.73. The monoisotopic (exact) mass is 371 g/mol. The zero-order chi connectivity index (χ0) is 17.4. The highest BCUT2D eigenvalue weighted by Gasteiger charge is 2.17. The van der Waals surface area contributed by atoms with Gasteiger partial charge in [0.05, 0.1) is 23.0 Å². The Morgan fingerprint density at radius 3 is 3.04 bits per heavy atom. The Kier molecular flexibility index (Phi) is 4.23. The summed E-state index contributed by atoms with van der Waals surface area (Å²) in [6.45, 7) is 0.651. The summed E-state index contributed by atoms with van der Waals surface area (Å²) in [6.07, 6.45) is 1.83. The van der Waals surface area contributed by atoms with Crippen LogP contribution in [0.2, 0.25) is 5.15 Å². The lowest BCUT2D eigenvalue weighted by Gasteiger charge is -2.07. The first-order valence-electron chi connectivity index (χ1n) is 7.81. The van der Waals surface area contributed by atoms with Crippen LogP contribution in [0.4, 0.5) is 0 Å². The fraction of sp³-hybridized carbons (Fsp3) is 0.167. The van der Waals surface area contributed by atoms with Gasteiger partial charge in [-0.3, -0.25) is 9.59 Å². The van der Waals surface area contributed by atoms with Crippen molar-refractivity contribution in [1.29, 1.82) is 0 Å². The number of H-pyrrole nitrogens is 1. The second-order valence-corrected chi connectivity index (χ2v) is 7.34. The number of ketones is 1. The maximum Gasteiger partial charge on any atom is 0.252 e. The molecule has 0 radical (unpaired) electrons. The van der Waals surface area contributed by atoms with Crippen molar-refractivity contribution < 1.29 is 9.59 Å². The molecule has 0 saturated heterocycles. The molecule has 0 bridgehead atoms. The predicted octanol–water partition coefficient (Wildman–Crippen LogP) is 3.48. The lowest BCUT2D eigenvalue weighted by molar-refractivity contribution is 0.0950. The molecule has 1 aliphatic rings. The largest absolute Gasteiger partial charge is 0.351 e. The van der Waals surface area contributed by atoms with Crippen molar-refractivity contribution in [2.75, 3.05) is 12.3 Å². The van der Waals surface area contributed by atoms with E-state index < -0.39 is 0 Å². The first-order valence-corrected chi connectivity index (χ1v) is 9.18. The van der Waals surface area contributed by atoms with Crippen molar-refractivity contribution in [3.05, 3.63) is 58.5 Å². The fourth-order valence-electron chi connectivity index (χ4n) is 2.85. The molecule has 3 aromatic rings. The van der Waals surface area contributed by atoms with Gasteiger partial charge >= 0.3 is 0 Å². The number of nitrogens with one attached hydrogen (secondary N) is 2. The van der Waals surface area contributed by atoms with E-state index in [0.29, 0.717) is 23.0 Å². The minimum Gasteiger partial charge on any atom is -0.351 e. The van der Waals surface area contributed by atoms with Crippen LogP contribution in [-0.4, -0.2) is 34.0 Å². The molecule has 0 unspecified atom stereocenters. The molecule has 0 fully saturated rings. The molecule has 1 aliphatic heterocycles. The number of halogens is 1. The van der Waals surface area contributed by atoms with Crippen molar-refractivity contribution in [3.63, 3.8) is 0 Å². The maximum atomic E-state index is 12.6. The Morgan fingerprint density at radius 1 is 1.28 bits per heavy atom. The predicted molar refractivity (Wildman–Crippen MR) is 98.6 cm³/mol. The van der Waals surface area contributed by atoms with Gasteiger partial charge in [-0.2, -0.15) is 0 Å². The van der Waals surface area contributed by atoms with Gasteiger partial charge in [0.1, 0.15) is 5.15 Å². The molecule has 0 aliphatic carbocycles. The van der Waals surface area contributed by atoms with E-state index in [2.05, 4.69) is 15.3 Å². The standard InChI is InChI=1S/C18H14ClN3O2S/c19-17-8-11-7-13(22-14(11)9-21-17)15(23)6-10-1-2-16-12(5-10)18(24)20-3-4-25-16/h1-2,5,7-9,22H,3-4,6H2,(H,20,24). The highest BCUT2D eigenvalue weighted by Crippen LogP contribution is 2.26. The van der Waals surface area contributed by atoms with E-state index in [4.69, 9.17) is 11.6 Å². The van der Waals surface area contributed by atoms with Crippen LogP contribution in [-0.2, 0) is 6.42 Å². The van der Waals surface area contributed by atoms with Gasteiger partial charge in [-0.1, -0.05) is 17.7 Å². The molecule has 25 heavy (non-hydrogen) atoms. The minimum absolute atomic E-state index is 0.0473. The topological polar surface area (TPSA) is 74.8 Å². The van der Waals surface area contributed by atoms with Crippen molar-refractivity contribution in [3.8, 4) is 0 Å². The Labute approximate surface area is 153 Å². The van der Waals surface area contributed by atoms with Gasteiger partial charge in [0.15, 0.2) is 5.78 Å². The summed E-state index contributed by atoms with van der Waals surface area (Å²) in [5, 5.41) is 4.10. The summed E-state index contributed by atoms with van der Waals surface area (Å²) in [5.74, 6) is 0.720. The van der Waals surface area contributed by atoms with E-state index in [1.807, 2.05) is 18.2 Å². The van der Waals surface area contributed by atoms with E-state index in [-0.39, 0.29) is 18.1 Å². The molecule has 2 N–H and O–H groups in total. The van der Waals surface area contributed by atoms with Crippen LogP contribution in [0.3, 0.4) is 0 Å². The van der Waals surface area contributed by atoms with E-state index >= 15 is 0 Å². The van der Waals surface area contributed by atoms with Crippen LogP contribution in [0, 0.1) is 0 Å². The van der Waals surface area contributed by atoms with E-state index in [9.17, 15) is 9.59 Å². The lowest BCUT2D eigenvalue weighted by atomic mass is 10.0. The number of amides is 1. The van der Waals surface area contributed by atoms with Gasteiger partial charge in [0.2, 0.25) is 0 Å². The van der Waals surface area contributed by atoms with Gasteiger partial charge in [-0.15, -0.1) is 11.8 Å². The molecular weight excluding hydrogens is 358 g/mol. The normalized spacial score (nSPS) is 14.0. The zero-order valence-electron chi connectivity index (χ0n) is 13.1. The number of pyridine rings is 1. The molecule has 5 nitrogen and oxygen atoms in total. The molecule has 4 rings (SSSR count). The SMILES string of the molecule is O=C(Cc1ccc2c(c1)C(=O)NCCS2)c1cc2cc(Cl)ncc2[nH]1. The first kappa shape index (κ1) is 16.2. The van der Waals surface area contributed by atoms with Gasteiger partial charge in [0, 0.05) is 29.0 Å². The fourth-order valence-corrected chi connectivity index (χ4v) is 3.91. The number of carbonyl (C=O) groups is 2. The summed E-state index contributed by atoms with van der Waals surface area (Å²) in [7, 11) is 0. The number of aromatic amines is 1. The van der Waals surface area contributed by atoms with Crippen LogP contribution >= 0.6 is 23.4 Å². The maximum absolute atomic E-state index is 12.6.